The number of nitrogens with zero attached hydrogens (tertiary/aromatic N) is 1. The van der Waals surface area contributed by atoms with E-state index < -0.39 is 17.7 Å². The van der Waals surface area contributed by atoms with Gasteiger partial charge in [-0.25, -0.2) is 8.78 Å². The molecule has 2 aromatic rings. The van der Waals surface area contributed by atoms with Crippen molar-refractivity contribution in [1.82, 2.24) is 0 Å². The van der Waals surface area contributed by atoms with Crippen LogP contribution in [0.1, 0.15) is 12.0 Å². The van der Waals surface area contributed by atoms with Crippen LogP contribution in [0, 0.1) is 11.6 Å². The van der Waals surface area contributed by atoms with Gasteiger partial charge in [-0.15, -0.1) is 0 Å². The first-order valence-corrected chi connectivity index (χ1v) is 7.29. The number of nitrogens with two attached hydrogens (primary N) is 1. The van der Waals surface area contributed by atoms with Crippen molar-refractivity contribution < 1.29 is 18.3 Å². The maximum atomic E-state index is 13.5. The lowest BCUT2D eigenvalue weighted by molar-refractivity contribution is -0.118. The average molecular weight is 318 g/mol. The summed E-state index contributed by atoms with van der Waals surface area (Å²) < 4.78 is 32.5. The van der Waals surface area contributed by atoms with Gasteiger partial charge in [0.2, 0.25) is 5.91 Å². The Balaban J connectivity index is 1.67. The lowest BCUT2D eigenvalue weighted by Crippen LogP contribution is -2.33. The number of halogens is 2. The number of amides is 1. The maximum absolute atomic E-state index is 13.5. The fourth-order valence-electron chi connectivity index (χ4n) is 2.51. The molecular weight excluding hydrogens is 302 g/mol. The second-order valence-corrected chi connectivity index (χ2v) is 5.37. The molecular formula is C17H16F2N2O2. The summed E-state index contributed by atoms with van der Waals surface area (Å²) in [6, 6.07) is 10.00. The zero-order valence-electron chi connectivity index (χ0n) is 12.3. The van der Waals surface area contributed by atoms with E-state index in [4.69, 9.17) is 10.5 Å². The number of hydrogen-bond acceptors (Lipinski definition) is 3. The minimum atomic E-state index is -0.640. The van der Waals surface area contributed by atoms with Crippen LogP contribution in [-0.4, -0.2) is 18.5 Å². The molecule has 120 valence electrons. The van der Waals surface area contributed by atoms with E-state index in [1.165, 1.54) is 18.2 Å². The summed E-state index contributed by atoms with van der Waals surface area (Å²) >= 11 is 0. The average Bonchev–Trinajstić information content (AvgIpc) is 2.87. The molecule has 1 aliphatic rings. The lowest BCUT2D eigenvalue weighted by Gasteiger charge is -2.16. The number of carbonyl (C=O) groups excluding carboxylic acids is 1. The fraction of sp³-hybridized carbons (Fsp3) is 0.235. The summed E-state index contributed by atoms with van der Waals surface area (Å²) in [7, 11) is 0. The first-order valence-electron chi connectivity index (χ1n) is 7.29. The molecule has 1 unspecified atom stereocenters. The highest BCUT2D eigenvalue weighted by atomic mass is 19.1. The van der Waals surface area contributed by atoms with Gasteiger partial charge in [0.15, 0.2) is 0 Å². The van der Waals surface area contributed by atoms with Crippen LogP contribution in [0.2, 0.25) is 0 Å². The maximum Gasteiger partial charge on any atom is 0.243 e. The summed E-state index contributed by atoms with van der Waals surface area (Å²) in [5.74, 6) is -0.920. The van der Waals surface area contributed by atoms with Crippen molar-refractivity contribution in [3.63, 3.8) is 0 Å². The molecule has 1 fully saturated rings. The van der Waals surface area contributed by atoms with Crippen molar-refractivity contribution in [1.29, 1.82) is 0 Å². The molecule has 0 aromatic heterocycles. The number of carbonyl (C=O) groups is 1. The van der Waals surface area contributed by atoms with E-state index in [0.29, 0.717) is 18.7 Å². The second kappa shape index (κ2) is 6.34. The van der Waals surface area contributed by atoms with Gasteiger partial charge in [0, 0.05) is 12.2 Å². The third kappa shape index (κ3) is 3.17. The van der Waals surface area contributed by atoms with E-state index in [9.17, 15) is 13.6 Å². The van der Waals surface area contributed by atoms with E-state index in [0.717, 1.165) is 5.69 Å². The van der Waals surface area contributed by atoms with Crippen molar-refractivity contribution in [2.45, 2.75) is 19.1 Å². The predicted molar refractivity (Wildman–Crippen MR) is 82.1 cm³/mol. The van der Waals surface area contributed by atoms with Crippen molar-refractivity contribution in [2.75, 3.05) is 11.4 Å². The van der Waals surface area contributed by atoms with Gasteiger partial charge >= 0.3 is 0 Å². The summed E-state index contributed by atoms with van der Waals surface area (Å²) in [5.41, 5.74) is 6.30. The summed E-state index contributed by atoms with van der Waals surface area (Å²) in [6.45, 7) is 0.381. The van der Waals surface area contributed by atoms with Gasteiger partial charge in [0.25, 0.3) is 0 Å². The topological polar surface area (TPSA) is 55.6 Å². The molecule has 0 bridgehead atoms. The molecule has 6 heteroatoms. The van der Waals surface area contributed by atoms with Crippen LogP contribution in [0.4, 0.5) is 14.5 Å². The number of hydrogen-bond donors (Lipinski definition) is 1. The number of benzene rings is 2. The molecule has 1 saturated heterocycles. The van der Waals surface area contributed by atoms with Crippen LogP contribution < -0.4 is 15.4 Å². The molecule has 1 aliphatic heterocycles. The molecule has 1 amide bonds. The monoisotopic (exact) mass is 318 g/mol. The van der Waals surface area contributed by atoms with E-state index in [-0.39, 0.29) is 18.1 Å². The highest BCUT2D eigenvalue weighted by Gasteiger charge is 2.29. The van der Waals surface area contributed by atoms with Gasteiger partial charge in [0.05, 0.1) is 11.6 Å². The number of ether oxygens (including phenoxy) is 1. The summed E-state index contributed by atoms with van der Waals surface area (Å²) in [6.07, 6.45) is 0.629. The SMILES string of the molecule is NC1CCN(c2ccc(OCc3c(F)cccc3F)cc2)C1=O. The standard InChI is InChI=1S/C17H16F2N2O2/c18-14-2-1-3-15(19)13(14)10-23-12-6-4-11(5-7-12)21-9-8-16(20)17(21)22/h1-7,16H,8-10,20H2. The predicted octanol–water partition coefficient (Wildman–Crippen LogP) is 2.61. The minimum Gasteiger partial charge on any atom is -0.489 e. The third-order valence-electron chi connectivity index (χ3n) is 3.84. The van der Waals surface area contributed by atoms with Crippen LogP contribution >= 0.6 is 0 Å². The van der Waals surface area contributed by atoms with E-state index in [2.05, 4.69) is 0 Å². The quantitative estimate of drug-likeness (QED) is 0.943. The van der Waals surface area contributed by atoms with Crippen molar-refractivity contribution in [3.8, 4) is 5.75 Å². The Hall–Kier alpha value is -2.47. The minimum absolute atomic E-state index is 0.105. The Labute approximate surface area is 132 Å². The Morgan fingerprint density at radius 3 is 2.35 bits per heavy atom. The van der Waals surface area contributed by atoms with Crippen LogP contribution in [0.25, 0.3) is 0 Å². The first-order chi connectivity index (χ1) is 11.1. The molecule has 0 aliphatic carbocycles. The van der Waals surface area contributed by atoms with Crippen molar-refractivity contribution >= 4 is 11.6 Å². The molecule has 0 spiro atoms. The molecule has 2 N–H and O–H groups in total. The highest BCUT2D eigenvalue weighted by Crippen LogP contribution is 2.24. The zero-order valence-corrected chi connectivity index (χ0v) is 12.3. The molecule has 1 heterocycles. The van der Waals surface area contributed by atoms with E-state index in [1.807, 2.05) is 0 Å². The molecule has 0 saturated carbocycles. The fourth-order valence-corrected chi connectivity index (χ4v) is 2.51. The molecule has 1 atom stereocenters. The normalized spacial score (nSPS) is 17.6. The van der Waals surface area contributed by atoms with Crippen LogP contribution in [0.3, 0.4) is 0 Å². The molecule has 3 rings (SSSR count). The molecule has 2 aromatic carbocycles. The highest BCUT2D eigenvalue weighted by molar-refractivity contribution is 5.99. The van der Waals surface area contributed by atoms with Gasteiger partial charge < -0.3 is 15.4 Å². The van der Waals surface area contributed by atoms with Crippen molar-refractivity contribution in [2.24, 2.45) is 5.73 Å². The Bertz CT molecular complexity index is 699. The van der Waals surface area contributed by atoms with Gasteiger partial charge in [0.1, 0.15) is 24.0 Å². The van der Waals surface area contributed by atoms with Gasteiger partial charge in [-0.1, -0.05) is 6.07 Å². The lowest BCUT2D eigenvalue weighted by atomic mass is 10.2. The largest absolute Gasteiger partial charge is 0.489 e. The summed E-state index contributed by atoms with van der Waals surface area (Å²) in [4.78, 5) is 13.5. The molecule has 23 heavy (non-hydrogen) atoms. The van der Waals surface area contributed by atoms with Crippen LogP contribution in [0.5, 0.6) is 5.75 Å². The van der Waals surface area contributed by atoms with Gasteiger partial charge in [-0.3, -0.25) is 4.79 Å². The molecule has 4 nitrogen and oxygen atoms in total. The Morgan fingerprint density at radius 1 is 1.13 bits per heavy atom. The van der Waals surface area contributed by atoms with Gasteiger partial charge in [-0.05, 0) is 42.8 Å². The van der Waals surface area contributed by atoms with E-state index >= 15 is 0 Å². The number of rotatable bonds is 4. The van der Waals surface area contributed by atoms with E-state index in [1.54, 1.807) is 29.2 Å². The first kappa shape index (κ1) is 15.4. The number of anilines is 1. The molecule has 0 radical (unpaired) electrons. The Morgan fingerprint density at radius 2 is 1.78 bits per heavy atom. The van der Waals surface area contributed by atoms with Gasteiger partial charge in [-0.2, -0.15) is 0 Å². The third-order valence-corrected chi connectivity index (χ3v) is 3.84. The van der Waals surface area contributed by atoms with Crippen LogP contribution in [0.15, 0.2) is 42.5 Å². The smallest absolute Gasteiger partial charge is 0.243 e. The second-order valence-electron chi connectivity index (χ2n) is 5.37. The van der Waals surface area contributed by atoms with Crippen molar-refractivity contribution in [3.05, 3.63) is 59.7 Å². The summed E-state index contributed by atoms with van der Waals surface area (Å²) in [5, 5.41) is 0. The zero-order chi connectivity index (χ0) is 16.4. The Kier molecular flexibility index (Phi) is 4.25. The van der Waals surface area contributed by atoms with Crippen LogP contribution in [-0.2, 0) is 11.4 Å².